The van der Waals surface area contributed by atoms with E-state index in [1.54, 1.807) is 5.01 Å². The molecule has 1 aliphatic heterocycles. The summed E-state index contributed by atoms with van der Waals surface area (Å²) in [6.07, 6.45) is 4.40. The van der Waals surface area contributed by atoms with E-state index in [1.165, 1.54) is 12.8 Å². The Morgan fingerprint density at radius 1 is 1.26 bits per heavy atom. The topological polar surface area (TPSA) is 44.4 Å². The van der Waals surface area contributed by atoms with Crippen molar-refractivity contribution in [2.45, 2.75) is 45.2 Å². The van der Waals surface area contributed by atoms with Gasteiger partial charge in [0.2, 0.25) is 0 Å². The zero-order valence-corrected chi connectivity index (χ0v) is 13.0. The lowest BCUT2D eigenvalue weighted by molar-refractivity contribution is 0.246. The van der Waals surface area contributed by atoms with Crippen LogP contribution in [0, 0.1) is 0 Å². The summed E-state index contributed by atoms with van der Waals surface area (Å²) in [6, 6.07) is 7.58. The van der Waals surface area contributed by atoms with Crippen molar-refractivity contribution in [1.82, 2.24) is 10.7 Å². The Labute approximate surface area is 122 Å². The molecule has 0 aliphatic carbocycles. The summed E-state index contributed by atoms with van der Waals surface area (Å²) in [6.45, 7) is 4.20. The van der Waals surface area contributed by atoms with Gasteiger partial charge in [0.25, 0.3) is 0 Å². The first-order valence-corrected chi connectivity index (χ1v) is 7.49. The molecule has 0 bridgehead atoms. The minimum absolute atomic E-state index is 0.0960. The van der Waals surface area contributed by atoms with Crippen molar-refractivity contribution in [3.63, 3.8) is 0 Å². The predicted molar refractivity (Wildman–Crippen MR) is 80.8 cm³/mol. The van der Waals surface area contributed by atoms with Crippen molar-refractivity contribution in [2.75, 3.05) is 5.01 Å². The van der Waals surface area contributed by atoms with Crippen LogP contribution in [0.3, 0.4) is 0 Å². The summed E-state index contributed by atoms with van der Waals surface area (Å²) in [5.41, 5.74) is 3.77. The Kier molecular flexibility index (Phi) is 4.47. The fraction of sp³-hybridized carbons (Fsp3) is 0.500. The van der Waals surface area contributed by atoms with Crippen LogP contribution < -0.4 is 15.8 Å². The molecule has 5 heteroatoms. The van der Waals surface area contributed by atoms with E-state index in [-0.39, 0.29) is 11.7 Å². The number of urea groups is 1. The number of hydrogen-bond acceptors (Lipinski definition) is 2. The Bertz CT molecular complexity index is 449. The molecule has 0 radical (unpaired) electrons. The van der Waals surface area contributed by atoms with Crippen LogP contribution in [-0.2, 0) is 0 Å². The van der Waals surface area contributed by atoms with Crippen LogP contribution in [0.1, 0.15) is 39.5 Å². The number of carbonyl (C=O) groups excluding carboxylic acids is 1. The largest absolute Gasteiger partial charge is 0.338 e. The second kappa shape index (κ2) is 5.92. The van der Waals surface area contributed by atoms with Gasteiger partial charge in [-0.1, -0.05) is 35.7 Å². The maximum atomic E-state index is 12.0. The minimum atomic E-state index is -0.348. The quantitative estimate of drug-likeness (QED) is 0.809. The number of carbonyl (C=O) groups is 1. The van der Waals surface area contributed by atoms with Gasteiger partial charge in [0.05, 0.1) is 5.69 Å². The summed E-state index contributed by atoms with van der Waals surface area (Å²) in [4.78, 5) is 12.0. The highest BCUT2D eigenvalue weighted by molar-refractivity contribution is 9.10. The van der Waals surface area contributed by atoms with E-state index in [4.69, 9.17) is 0 Å². The van der Waals surface area contributed by atoms with Gasteiger partial charge in [0, 0.05) is 4.47 Å². The predicted octanol–water partition coefficient (Wildman–Crippen LogP) is 3.78. The highest BCUT2D eigenvalue weighted by atomic mass is 79.9. The number of hydrazine groups is 1. The van der Waals surface area contributed by atoms with E-state index >= 15 is 0 Å². The molecular weight excluding hydrogens is 306 g/mol. The molecule has 0 spiro atoms. The van der Waals surface area contributed by atoms with Gasteiger partial charge >= 0.3 is 6.03 Å². The Hall–Kier alpha value is -1.07. The molecule has 1 aliphatic rings. The molecule has 1 heterocycles. The van der Waals surface area contributed by atoms with Crippen LogP contribution in [0.5, 0.6) is 0 Å². The van der Waals surface area contributed by atoms with Crippen LogP contribution in [0.4, 0.5) is 10.5 Å². The first kappa shape index (κ1) is 14.3. The monoisotopic (exact) mass is 325 g/mol. The van der Waals surface area contributed by atoms with Gasteiger partial charge in [-0.05, 0) is 44.0 Å². The molecule has 2 N–H and O–H groups in total. The van der Waals surface area contributed by atoms with E-state index in [9.17, 15) is 4.79 Å². The molecule has 1 aromatic carbocycles. The number of hydrogen-bond donors (Lipinski definition) is 2. The average molecular weight is 326 g/mol. The van der Waals surface area contributed by atoms with Gasteiger partial charge in [0.15, 0.2) is 0 Å². The summed E-state index contributed by atoms with van der Waals surface area (Å²) in [5, 5.41) is 4.60. The minimum Gasteiger partial charge on any atom is -0.317 e. The fourth-order valence-corrected chi connectivity index (χ4v) is 2.50. The Balaban J connectivity index is 2.04. The van der Waals surface area contributed by atoms with Crippen molar-refractivity contribution in [3.05, 3.63) is 28.7 Å². The molecule has 0 aromatic heterocycles. The molecule has 0 unspecified atom stereocenters. The number of halogens is 1. The number of nitrogens with zero attached hydrogens (tertiary/aromatic N) is 1. The van der Waals surface area contributed by atoms with E-state index in [0.29, 0.717) is 0 Å². The first-order chi connectivity index (χ1) is 9.04. The second-order valence-corrected chi connectivity index (χ2v) is 6.06. The molecule has 104 valence electrons. The van der Waals surface area contributed by atoms with Gasteiger partial charge in [-0.15, -0.1) is 0 Å². The number of benzene rings is 1. The lowest BCUT2D eigenvalue weighted by Crippen LogP contribution is -2.48. The van der Waals surface area contributed by atoms with Gasteiger partial charge in [-0.2, -0.15) is 0 Å². The van der Waals surface area contributed by atoms with E-state index < -0.39 is 0 Å². The van der Waals surface area contributed by atoms with Crippen molar-refractivity contribution in [2.24, 2.45) is 0 Å². The fourth-order valence-electron chi connectivity index (χ4n) is 2.24. The molecule has 2 amide bonds. The number of unbranched alkanes of at least 4 members (excludes halogenated alkanes) is 2. The van der Waals surface area contributed by atoms with E-state index in [1.807, 2.05) is 31.2 Å². The van der Waals surface area contributed by atoms with Crippen molar-refractivity contribution >= 4 is 27.6 Å². The third kappa shape index (κ3) is 3.48. The van der Waals surface area contributed by atoms with Crippen LogP contribution in [-0.4, -0.2) is 11.7 Å². The van der Waals surface area contributed by atoms with Gasteiger partial charge in [-0.25, -0.2) is 15.2 Å². The van der Waals surface area contributed by atoms with Crippen LogP contribution >= 0.6 is 15.9 Å². The number of anilines is 1. The van der Waals surface area contributed by atoms with Crippen LogP contribution in [0.2, 0.25) is 0 Å². The lowest BCUT2D eigenvalue weighted by Gasteiger charge is -2.25. The van der Waals surface area contributed by atoms with Crippen LogP contribution in [0.15, 0.2) is 28.7 Å². The molecular formula is C14H20BrN3O. The molecule has 1 atom stereocenters. The summed E-state index contributed by atoms with van der Waals surface area (Å²) in [5.74, 6) is 0. The normalized spacial score (nSPS) is 22.7. The molecule has 4 nitrogen and oxygen atoms in total. The second-order valence-electron chi connectivity index (χ2n) is 5.14. The molecule has 1 saturated heterocycles. The zero-order chi connectivity index (χ0) is 13.9. The summed E-state index contributed by atoms with van der Waals surface area (Å²) in [7, 11) is 0. The SMILES string of the molecule is CCCCC[C@@]1(C)NC(=O)N(c2ccc(Br)cc2)N1. The summed E-state index contributed by atoms with van der Waals surface area (Å²) < 4.78 is 1.00. The highest BCUT2D eigenvalue weighted by Crippen LogP contribution is 2.24. The zero-order valence-electron chi connectivity index (χ0n) is 11.4. The standard InChI is InChI=1S/C14H20BrN3O/c1-3-4-5-10-14(2)16-13(19)18(17-14)12-8-6-11(15)7-9-12/h6-9,17H,3-5,10H2,1-2H3,(H,16,19)/t14-/m0/s1. The van der Waals surface area contributed by atoms with Gasteiger partial charge in [-0.3, -0.25) is 0 Å². The molecule has 2 rings (SSSR count). The van der Waals surface area contributed by atoms with Crippen molar-refractivity contribution in [1.29, 1.82) is 0 Å². The van der Waals surface area contributed by atoms with Crippen LogP contribution in [0.25, 0.3) is 0 Å². The number of rotatable bonds is 5. The maximum Gasteiger partial charge on any atom is 0.338 e. The molecule has 1 aromatic rings. The lowest BCUT2D eigenvalue weighted by atomic mass is 10.1. The molecule has 1 fully saturated rings. The third-order valence-corrected chi connectivity index (χ3v) is 3.84. The average Bonchev–Trinajstić information content (AvgIpc) is 2.67. The van der Waals surface area contributed by atoms with Gasteiger partial charge < -0.3 is 5.32 Å². The van der Waals surface area contributed by atoms with Crippen molar-refractivity contribution < 1.29 is 4.79 Å². The smallest absolute Gasteiger partial charge is 0.317 e. The van der Waals surface area contributed by atoms with Crippen molar-refractivity contribution in [3.8, 4) is 0 Å². The number of nitrogens with one attached hydrogen (secondary N) is 2. The van der Waals surface area contributed by atoms with E-state index in [0.717, 1.165) is 23.0 Å². The maximum absolute atomic E-state index is 12.0. The van der Waals surface area contributed by atoms with Gasteiger partial charge in [0.1, 0.15) is 5.66 Å². The molecule has 0 saturated carbocycles. The highest BCUT2D eigenvalue weighted by Gasteiger charge is 2.38. The summed E-state index contributed by atoms with van der Waals surface area (Å²) >= 11 is 3.39. The Morgan fingerprint density at radius 2 is 1.95 bits per heavy atom. The third-order valence-electron chi connectivity index (χ3n) is 3.31. The first-order valence-electron chi connectivity index (χ1n) is 6.70. The van der Waals surface area contributed by atoms with E-state index in [2.05, 4.69) is 33.6 Å². The number of amides is 2. The molecule has 19 heavy (non-hydrogen) atoms. The Morgan fingerprint density at radius 3 is 2.58 bits per heavy atom.